The van der Waals surface area contributed by atoms with Crippen molar-refractivity contribution in [2.75, 3.05) is 19.6 Å². The summed E-state index contributed by atoms with van der Waals surface area (Å²) < 4.78 is 0. The molecule has 1 fully saturated rings. The maximum atomic E-state index is 12.5. The van der Waals surface area contributed by atoms with E-state index in [-0.39, 0.29) is 23.9 Å². The van der Waals surface area contributed by atoms with E-state index in [1.165, 1.54) is 5.56 Å². The number of carbonyl (C=O) groups is 2. The highest BCUT2D eigenvalue weighted by atomic mass is 16.2. The fraction of sp³-hybridized carbons (Fsp3) is 0.381. The Hall–Kier alpha value is -2.73. The summed E-state index contributed by atoms with van der Waals surface area (Å²) in [7, 11) is 0. The first kappa shape index (κ1) is 19.0. The molecule has 6 heteroatoms. The van der Waals surface area contributed by atoms with E-state index in [0.717, 1.165) is 13.0 Å². The third kappa shape index (κ3) is 5.14. The van der Waals surface area contributed by atoms with Crippen molar-refractivity contribution < 1.29 is 9.59 Å². The molecule has 3 rings (SSSR count). The summed E-state index contributed by atoms with van der Waals surface area (Å²) in [6.45, 7) is 3.96. The monoisotopic (exact) mass is 366 g/mol. The van der Waals surface area contributed by atoms with Crippen LogP contribution >= 0.6 is 0 Å². The van der Waals surface area contributed by atoms with Crippen molar-refractivity contribution >= 4 is 11.8 Å². The minimum atomic E-state index is -0.220. The van der Waals surface area contributed by atoms with Gasteiger partial charge < -0.3 is 10.6 Å². The van der Waals surface area contributed by atoms with E-state index < -0.39 is 0 Å². The van der Waals surface area contributed by atoms with Gasteiger partial charge in [-0.1, -0.05) is 36.4 Å². The Morgan fingerprint density at radius 3 is 2.63 bits per heavy atom. The molecule has 0 unspecified atom stereocenters. The topological polar surface area (TPSA) is 74.3 Å². The van der Waals surface area contributed by atoms with Crippen LogP contribution in [0.5, 0.6) is 0 Å². The van der Waals surface area contributed by atoms with E-state index in [0.29, 0.717) is 25.2 Å². The average molecular weight is 366 g/mol. The molecule has 0 bridgehead atoms. The van der Waals surface area contributed by atoms with Gasteiger partial charge in [-0.15, -0.1) is 0 Å². The average Bonchev–Trinajstić information content (AvgIpc) is 3.11. The lowest BCUT2D eigenvalue weighted by Crippen LogP contribution is -2.43. The second-order valence-corrected chi connectivity index (χ2v) is 6.76. The Bertz CT molecular complexity index is 751. The van der Waals surface area contributed by atoms with Crippen LogP contribution in [0.2, 0.25) is 0 Å². The number of likely N-dealkylation sites (N-methyl/N-ethyl adjacent to an activating group) is 1. The van der Waals surface area contributed by atoms with Crippen LogP contribution in [0.25, 0.3) is 0 Å². The molecular formula is C21H26N4O2. The maximum absolute atomic E-state index is 12.5. The minimum Gasteiger partial charge on any atom is -0.355 e. The number of nitrogens with zero attached hydrogens (tertiary/aromatic N) is 2. The minimum absolute atomic E-state index is 0.0279. The van der Waals surface area contributed by atoms with Gasteiger partial charge in [-0.05, 0) is 37.5 Å². The van der Waals surface area contributed by atoms with E-state index in [9.17, 15) is 9.59 Å². The van der Waals surface area contributed by atoms with Crippen LogP contribution in [0.4, 0.5) is 0 Å². The normalized spacial score (nSPS) is 19.6. The molecule has 0 spiro atoms. The van der Waals surface area contributed by atoms with E-state index in [4.69, 9.17) is 0 Å². The first-order chi connectivity index (χ1) is 13.2. The number of pyridine rings is 1. The number of hydrogen-bond acceptors (Lipinski definition) is 4. The highest BCUT2D eigenvalue weighted by molar-refractivity contribution is 5.92. The largest absolute Gasteiger partial charge is 0.355 e. The zero-order valence-electron chi connectivity index (χ0n) is 15.6. The number of amides is 2. The number of nitrogens with one attached hydrogen (secondary N) is 2. The van der Waals surface area contributed by atoms with Gasteiger partial charge in [-0.3, -0.25) is 19.5 Å². The van der Waals surface area contributed by atoms with Crippen molar-refractivity contribution in [1.29, 1.82) is 0 Å². The Morgan fingerprint density at radius 2 is 1.93 bits per heavy atom. The number of hydrogen-bond donors (Lipinski definition) is 2. The summed E-state index contributed by atoms with van der Waals surface area (Å²) in [6.07, 6.45) is 3.09. The molecule has 1 saturated heterocycles. The first-order valence-electron chi connectivity index (χ1n) is 9.45. The summed E-state index contributed by atoms with van der Waals surface area (Å²) in [5.74, 6) is -0.166. The molecule has 2 heterocycles. The van der Waals surface area contributed by atoms with Crippen molar-refractivity contribution in [3.63, 3.8) is 0 Å². The predicted octanol–water partition coefficient (Wildman–Crippen LogP) is 1.63. The molecule has 2 atom stereocenters. The van der Waals surface area contributed by atoms with E-state index in [2.05, 4.69) is 32.7 Å². The summed E-state index contributed by atoms with van der Waals surface area (Å²) >= 11 is 0. The standard InChI is InChI=1S/C21H26N4O2/c1-2-22-21(27)19-14-17(24-20(26)18-10-6-7-12-23-18)15-25(19)13-11-16-8-4-3-5-9-16/h3-10,12,17,19H,2,11,13-15H2,1H3,(H,22,27)(H,24,26)/t17-,19+/m1/s1. The smallest absolute Gasteiger partial charge is 0.270 e. The van der Waals surface area contributed by atoms with Gasteiger partial charge in [0.1, 0.15) is 5.69 Å². The molecule has 1 aromatic carbocycles. The van der Waals surface area contributed by atoms with Gasteiger partial charge in [0.05, 0.1) is 6.04 Å². The zero-order chi connectivity index (χ0) is 19.1. The Labute approximate surface area is 160 Å². The quantitative estimate of drug-likeness (QED) is 0.781. The molecule has 1 aliphatic rings. The van der Waals surface area contributed by atoms with E-state index >= 15 is 0 Å². The Balaban J connectivity index is 1.63. The molecule has 2 N–H and O–H groups in total. The van der Waals surface area contributed by atoms with Crippen LogP contribution in [0.3, 0.4) is 0 Å². The third-order valence-electron chi connectivity index (χ3n) is 4.82. The molecule has 6 nitrogen and oxygen atoms in total. The van der Waals surface area contributed by atoms with Crippen molar-refractivity contribution in [2.45, 2.75) is 31.8 Å². The van der Waals surface area contributed by atoms with E-state index in [1.54, 1.807) is 24.4 Å². The SMILES string of the molecule is CCNC(=O)[C@@H]1C[C@@H](NC(=O)c2ccccn2)CN1CCc1ccccc1. The van der Waals surface area contributed by atoms with Crippen LogP contribution < -0.4 is 10.6 Å². The van der Waals surface area contributed by atoms with Gasteiger partial charge in [0, 0.05) is 31.9 Å². The molecule has 1 aliphatic heterocycles. The molecule has 27 heavy (non-hydrogen) atoms. The fourth-order valence-corrected chi connectivity index (χ4v) is 3.49. The van der Waals surface area contributed by atoms with Crippen LogP contribution in [-0.4, -0.2) is 53.4 Å². The maximum Gasteiger partial charge on any atom is 0.270 e. The van der Waals surface area contributed by atoms with E-state index in [1.807, 2.05) is 25.1 Å². The summed E-state index contributed by atoms with van der Waals surface area (Å²) in [5, 5.41) is 5.94. The summed E-state index contributed by atoms with van der Waals surface area (Å²) in [4.78, 5) is 31.1. The first-order valence-corrected chi connectivity index (χ1v) is 9.45. The Kier molecular flexibility index (Phi) is 6.54. The summed E-state index contributed by atoms with van der Waals surface area (Å²) in [6, 6.07) is 15.2. The number of rotatable bonds is 7. The lowest BCUT2D eigenvalue weighted by Gasteiger charge is -2.23. The van der Waals surface area contributed by atoms with Crippen molar-refractivity contribution in [1.82, 2.24) is 20.5 Å². The molecule has 0 saturated carbocycles. The fourth-order valence-electron chi connectivity index (χ4n) is 3.49. The van der Waals surface area contributed by atoms with Gasteiger partial charge in [-0.2, -0.15) is 0 Å². The molecular weight excluding hydrogens is 340 g/mol. The van der Waals surface area contributed by atoms with Crippen LogP contribution in [0.15, 0.2) is 54.7 Å². The van der Waals surface area contributed by atoms with Crippen molar-refractivity contribution in [3.05, 3.63) is 66.0 Å². The molecule has 2 amide bonds. The second-order valence-electron chi connectivity index (χ2n) is 6.76. The summed E-state index contributed by atoms with van der Waals surface area (Å²) in [5.41, 5.74) is 1.64. The van der Waals surface area contributed by atoms with Crippen LogP contribution in [-0.2, 0) is 11.2 Å². The van der Waals surface area contributed by atoms with Crippen molar-refractivity contribution in [3.8, 4) is 0 Å². The molecule has 0 radical (unpaired) electrons. The van der Waals surface area contributed by atoms with Crippen LogP contribution in [0, 0.1) is 0 Å². The van der Waals surface area contributed by atoms with Gasteiger partial charge in [0.15, 0.2) is 0 Å². The highest BCUT2D eigenvalue weighted by Crippen LogP contribution is 2.19. The molecule has 1 aromatic heterocycles. The lowest BCUT2D eigenvalue weighted by atomic mass is 10.1. The number of benzene rings is 1. The predicted molar refractivity (Wildman–Crippen MR) is 104 cm³/mol. The zero-order valence-corrected chi connectivity index (χ0v) is 15.6. The van der Waals surface area contributed by atoms with Gasteiger partial charge in [0.2, 0.25) is 5.91 Å². The third-order valence-corrected chi connectivity index (χ3v) is 4.82. The van der Waals surface area contributed by atoms with Gasteiger partial charge in [-0.25, -0.2) is 0 Å². The second kappa shape index (κ2) is 9.28. The number of aromatic nitrogens is 1. The number of carbonyl (C=O) groups excluding carboxylic acids is 2. The highest BCUT2D eigenvalue weighted by Gasteiger charge is 2.37. The number of likely N-dealkylation sites (tertiary alicyclic amines) is 1. The van der Waals surface area contributed by atoms with Crippen LogP contribution in [0.1, 0.15) is 29.4 Å². The van der Waals surface area contributed by atoms with Gasteiger partial charge in [0.25, 0.3) is 5.91 Å². The van der Waals surface area contributed by atoms with Gasteiger partial charge >= 0.3 is 0 Å². The van der Waals surface area contributed by atoms with Crippen molar-refractivity contribution in [2.24, 2.45) is 0 Å². The lowest BCUT2D eigenvalue weighted by molar-refractivity contribution is -0.125. The Morgan fingerprint density at radius 1 is 1.15 bits per heavy atom. The molecule has 0 aliphatic carbocycles. The molecule has 142 valence electrons. The molecule has 2 aromatic rings.